The molecule has 0 unspecified atom stereocenters. The van der Waals surface area contributed by atoms with Crippen LogP contribution < -0.4 is 0 Å². The van der Waals surface area contributed by atoms with Crippen molar-refractivity contribution in [3.05, 3.63) is 51.8 Å². The smallest absolute Gasteiger partial charge is 0.127 e. The second-order valence-electron chi connectivity index (χ2n) is 4.45. The molecule has 1 aromatic heterocycles. The van der Waals surface area contributed by atoms with Gasteiger partial charge in [0.2, 0.25) is 0 Å². The minimum Gasteiger partial charge on any atom is -0.249 e. The van der Waals surface area contributed by atoms with E-state index in [1.54, 1.807) is 0 Å². The number of halogens is 2. The molecule has 2 nitrogen and oxygen atoms in total. The first-order valence-electron chi connectivity index (χ1n) is 5.70. The Kier molecular flexibility index (Phi) is 2.85. The average molecular weight is 267 g/mol. The predicted molar refractivity (Wildman–Crippen MR) is 69.8 cm³/mol. The Hall–Kier alpha value is -0.990. The van der Waals surface area contributed by atoms with Crippen LogP contribution in [0.3, 0.4) is 0 Å². The molecule has 1 aromatic carbocycles. The van der Waals surface area contributed by atoms with Crippen LogP contribution in [-0.2, 0) is 6.54 Å². The van der Waals surface area contributed by atoms with E-state index in [1.165, 1.54) is 12.8 Å². The summed E-state index contributed by atoms with van der Waals surface area (Å²) >= 11 is 12.1. The minimum atomic E-state index is 0.633. The van der Waals surface area contributed by atoms with Gasteiger partial charge in [-0.1, -0.05) is 35.3 Å². The van der Waals surface area contributed by atoms with Crippen molar-refractivity contribution in [2.45, 2.75) is 25.3 Å². The third-order valence-corrected chi connectivity index (χ3v) is 3.51. The lowest BCUT2D eigenvalue weighted by molar-refractivity contribution is 0.673. The van der Waals surface area contributed by atoms with Crippen molar-refractivity contribution in [1.82, 2.24) is 9.78 Å². The van der Waals surface area contributed by atoms with Crippen LogP contribution in [0.2, 0.25) is 10.2 Å². The molecule has 0 saturated heterocycles. The van der Waals surface area contributed by atoms with E-state index in [0.29, 0.717) is 17.6 Å². The summed E-state index contributed by atoms with van der Waals surface area (Å²) in [5, 5.41) is 5.98. The van der Waals surface area contributed by atoms with E-state index in [4.69, 9.17) is 23.2 Å². The Labute approximate surface area is 110 Å². The third kappa shape index (κ3) is 2.48. The molecular formula is C13H12Cl2N2. The molecule has 1 aliphatic carbocycles. The molecule has 1 aliphatic rings. The fraction of sp³-hybridized carbons (Fsp3) is 0.308. The van der Waals surface area contributed by atoms with Crippen molar-refractivity contribution in [2.75, 3.05) is 0 Å². The van der Waals surface area contributed by atoms with Gasteiger partial charge in [0.25, 0.3) is 0 Å². The molecule has 2 aromatic rings. The summed E-state index contributed by atoms with van der Waals surface area (Å²) in [6, 6.07) is 9.75. The first kappa shape index (κ1) is 11.1. The lowest BCUT2D eigenvalue weighted by Gasteiger charge is -2.03. The molecule has 3 rings (SSSR count). The average Bonchev–Trinajstić information content (AvgIpc) is 3.06. The predicted octanol–water partition coefficient (Wildman–Crippen LogP) is 4.12. The molecule has 0 aliphatic heterocycles. The van der Waals surface area contributed by atoms with Crippen LogP contribution in [0, 0.1) is 0 Å². The van der Waals surface area contributed by atoms with Crippen molar-refractivity contribution in [1.29, 1.82) is 0 Å². The van der Waals surface area contributed by atoms with Crippen LogP contribution in [0.15, 0.2) is 30.3 Å². The maximum Gasteiger partial charge on any atom is 0.127 e. The van der Waals surface area contributed by atoms with E-state index in [1.807, 2.05) is 35.0 Å². The SMILES string of the molecule is Clc1cccc(Cn2nc(C3CC3)cc2Cl)c1. The molecule has 0 atom stereocenters. The highest BCUT2D eigenvalue weighted by Crippen LogP contribution is 2.40. The van der Waals surface area contributed by atoms with E-state index in [2.05, 4.69) is 5.10 Å². The van der Waals surface area contributed by atoms with E-state index in [9.17, 15) is 0 Å². The van der Waals surface area contributed by atoms with Gasteiger partial charge < -0.3 is 0 Å². The monoisotopic (exact) mass is 266 g/mol. The molecule has 1 heterocycles. The molecule has 0 N–H and O–H groups in total. The van der Waals surface area contributed by atoms with Crippen LogP contribution in [0.5, 0.6) is 0 Å². The lowest BCUT2D eigenvalue weighted by Crippen LogP contribution is -2.02. The molecule has 88 valence electrons. The van der Waals surface area contributed by atoms with Gasteiger partial charge in [0.05, 0.1) is 12.2 Å². The Balaban J connectivity index is 1.84. The van der Waals surface area contributed by atoms with Gasteiger partial charge >= 0.3 is 0 Å². The Bertz CT molecular complexity index is 544. The lowest BCUT2D eigenvalue weighted by atomic mass is 10.2. The fourth-order valence-electron chi connectivity index (χ4n) is 1.91. The summed E-state index contributed by atoms with van der Waals surface area (Å²) < 4.78 is 1.83. The van der Waals surface area contributed by atoms with Gasteiger partial charge in [-0.15, -0.1) is 0 Å². The fourth-order valence-corrected chi connectivity index (χ4v) is 2.33. The molecule has 1 fully saturated rings. The summed E-state index contributed by atoms with van der Waals surface area (Å²) in [6.45, 7) is 0.673. The Morgan fingerprint density at radius 3 is 2.76 bits per heavy atom. The summed E-state index contributed by atoms with van der Waals surface area (Å²) in [5.74, 6) is 0.633. The number of benzene rings is 1. The molecule has 1 saturated carbocycles. The molecule has 0 spiro atoms. The summed E-state index contributed by atoms with van der Waals surface area (Å²) in [5.41, 5.74) is 2.24. The van der Waals surface area contributed by atoms with E-state index in [-0.39, 0.29) is 0 Å². The van der Waals surface area contributed by atoms with Crippen LogP contribution in [0.1, 0.15) is 30.0 Å². The maximum absolute atomic E-state index is 6.17. The standard InChI is InChI=1S/C13H12Cl2N2/c14-11-3-1-2-9(6-11)8-17-13(15)7-12(16-17)10-4-5-10/h1-3,6-7,10H,4-5,8H2. The van der Waals surface area contributed by atoms with Gasteiger partial charge in [0.15, 0.2) is 0 Å². The van der Waals surface area contributed by atoms with Gasteiger partial charge in [-0.3, -0.25) is 0 Å². The first-order valence-corrected chi connectivity index (χ1v) is 6.45. The zero-order chi connectivity index (χ0) is 11.8. The highest BCUT2D eigenvalue weighted by atomic mass is 35.5. The normalized spacial score (nSPS) is 15.2. The highest BCUT2D eigenvalue weighted by molar-refractivity contribution is 6.30. The minimum absolute atomic E-state index is 0.633. The summed E-state index contributed by atoms with van der Waals surface area (Å²) in [6.07, 6.45) is 2.48. The number of rotatable bonds is 3. The van der Waals surface area contributed by atoms with E-state index >= 15 is 0 Å². The van der Waals surface area contributed by atoms with Gasteiger partial charge in [-0.2, -0.15) is 5.10 Å². The van der Waals surface area contributed by atoms with Crippen LogP contribution in [0.25, 0.3) is 0 Å². The van der Waals surface area contributed by atoms with Gasteiger partial charge in [-0.25, -0.2) is 4.68 Å². The molecule has 0 bridgehead atoms. The van der Waals surface area contributed by atoms with Gasteiger partial charge in [-0.05, 0) is 36.6 Å². The van der Waals surface area contributed by atoms with Crippen molar-refractivity contribution in [3.63, 3.8) is 0 Å². The largest absolute Gasteiger partial charge is 0.249 e. The Morgan fingerprint density at radius 2 is 2.06 bits per heavy atom. The summed E-state index contributed by atoms with van der Waals surface area (Å²) in [4.78, 5) is 0. The van der Waals surface area contributed by atoms with Crippen molar-refractivity contribution in [2.24, 2.45) is 0 Å². The topological polar surface area (TPSA) is 17.8 Å². The highest BCUT2D eigenvalue weighted by Gasteiger charge is 2.26. The van der Waals surface area contributed by atoms with Crippen LogP contribution in [-0.4, -0.2) is 9.78 Å². The van der Waals surface area contributed by atoms with Gasteiger partial charge in [0.1, 0.15) is 5.15 Å². The van der Waals surface area contributed by atoms with Crippen LogP contribution in [0.4, 0.5) is 0 Å². The number of nitrogens with zero attached hydrogens (tertiary/aromatic N) is 2. The zero-order valence-corrected chi connectivity index (χ0v) is 10.7. The summed E-state index contributed by atoms with van der Waals surface area (Å²) in [7, 11) is 0. The van der Waals surface area contributed by atoms with Crippen molar-refractivity contribution >= 4 is 23.2 Å². The second kappa shape index (κ2) is 4.35. The molecule has 0 amide bonds. The second-order valence-corrected chi connectivity index (χ2v) is 5.28. The maximum atomic E-state index is 6.17. The van der Waals surface area contributed by atoms with Crippen molar-refractivity contribution in [3.8, 4) is 0 Å². The zero-order valence-electron chi connectivity index (χ0n) is 9.24. The number of hydrogen-bond donors (Lipinski definition) is 0. The number of aromatic nitrogens is 2. The number of hydrogen-bond acceptors (Lipinski definition) is 1. The molecule has 0 radical (unpaired) electrons. The third-order valence-electron chi connectivity index (χ3n) is 2.97. The molecule has 4 heteroatoms. The first-order chi connectivity index (χ1) is 8.22. The quantitative estimate of drug-likeness (QED) is 0.818. The molecular weight excluding hydrogens is 255 g/mol. The van der Waals surface area contributed by atoms with Gasteiger partial charge in [0, 0.05) is 10.9 Å². The van der Waals surface area contributed by atoms with E-state index in [0.717, 1.165) is 16.3 Å². The van der Waals surface area contributed by atoms with E-state index < -0.39 is 0 Å². The molecule has 17 heavy (non-hydrogen) atoms. The van der Waals surface area contributed by atoms with Crippen molar-refractivity contribution < 1.29 is 0 Å². The van der Waals surface area contributed by atoms with Crippen LogP contribution >= 0.6 is 23.2 Å². The Morgan fingerprint density at radius 1 is 1.24 bits per heavy atom.